The predicted molar refractivity (Wildman–Crippen MR) is 77.8 cm³/mol. The Hall–Kier alpha value is -1.14. The van der Waals surface area contributed by atoms with Crippen LogP contribution in [0.3, 0.4) is 0 Å². The molecular weight excluding hydrogens is 279 g/mol. The van der Waals surface area contributed by atoms with Crippen molar-refractivity contribution in [3.05, 3.63) is 29.6 Å². The number of aromatic nitrogens is 1. The molecule has 1 unspecified atom stereocenters. The van der Waals surface area contributed by atoms with Crippen LogP contribution in [0.15, 0.2) is 18.2 Å². The molecular formula is C15H24F3N3. The first-order chi connectivity index (χ1) is 9.66. The summed E-state index contributed by atoms with van der Waals surface area (Å²) >= 11 is 0. The standard InChI is InChI=1S/C15H24F3N3/c1-12-6-4-7-13(20-12)10-21(3)14(2,11-19)8-5-9-15(16,17)18/h4,6-7H,5,8-11,19H2,1-3H3. The summed E-state index contributed by atoms with van der Waals surface area (Å²) in [5, 5.41) is 0. The molecule has 0 spiro atoms. The lowest BCUT2D eigenvalue weighted by atomic mass is 9.92. The van der Waals surface area contributed by atoms with Crippen LogP contribution in [-0.2, 0) is 6.54 Å². The fourth-order valence-corrected chi connectivity index (χ4v) is 2.24. The SMILES string of the molecule is Cc1cccc(CN(C)C(C)(CN)CCCC(F)(F)F)n1. The summed E-state index contributed by atoms with van der Waals surface area (Å²) in [5.74, 6) is 0. The second kappa shape index (κ2) is 7.22. The molecule has 0 aliphatic carbocycles. The van der Waals surface area contributed by atoms with Crippen LogP contribution in [0.25, 0.3) is 0 Å². The van der Waals surface area contributed by atoms with Gasteiger partial charge in [-0.3, -0.25) is 9.88 Å². The van der Waals surface area contributed by atoms with Gasteiger partial charge in [0.1, 0.15) is 0 Å². The summed E-state index contributed by atoms with van der Waals surface area (Å²) in [4.78, 5) is 6.41. The molecule has 0 aliphatic rings. The van der Waals surface area contributed by atoms with Crippen LogP contribution in [0.1, 0.15) is 37.6 Å². The van der Waals surface area contributed by atoms with Crippen LogP contribution < -0.4 is 5.73 Å². The van der Waals surface area contributed by atoms with Crippen molar-refractivity contribution in [3.8, 4) is 0 Å². The van der Waals surface area contributed by atoms with E-state index in [0.717, 1.165) is 11.4 Å². The maximum absolute atomic E-state index is 12.3. The minimum absolute atomic E-state index is 0.0861. The van der Waals surface area contributed by atoms with Gasteiger partial charge in [-0.05, 0) is 45.9 Å². The highest BCUT2D eigenvalue weighted by atomic mass is 19.4. The summed E-state index contributed by atoms with van der Waals surface area (Å²) in [6.45, 7) is 4.70. The van der Waals surface area contributed by atoms with E-state index in [2.05, 4.69) is 4.98 Å². The second-order valence-corrected chi connectivity index (χ2v) is 5.80. The average molecular weight is 303 g/mol. The Morgan fingerprint density at radius 2 is 1.90 bits per heavy atom. The van der Waals surface area contributed by atoms with Gasteiger partial charge >= 0.3 is 6.18 Å². The lowest BCUT2D eigenvalue weighted by Crippen LogP contribution is -2.49. The van der Waals surface area contributed by atoms with Crippen molar-refractivity contribution in [1.82, 2.24) is 9.88 Å². The molecule has 1 aromatic rings. The molecule has 0 saturated heterocycles. The fourth-order valence-electron chi connectivity index (χ4n) is 2.24. The summed E-state index contributed by atoms with van der Waals surface area (Å²) in [6, 6.07) is 5.75. The van der Waals surface area contributed by atoms with Gasteiger partial charge in [-0.15, -0.1) is 0 Å². The molecule has 1 heterocycles. The maximum atomic E-state index is 12.3. The van der Waals surface area contributed by atoms with E-state index in [1.807, 2.05) is 44.0 Å². The zero-order valence-electron chi connectivity index (χ0n) is 12.9. The highest BCUT2D eigenvalue weighted by Gasteiger charge is 2.31. The van der Waals surface area contributed by atoms with Crippen molar-refractivity contribution in [2.45, 2.75) is 51.4 Å². The third-order valence-corrected chi connectivity index (χ3v) is 3.88. The van der Waals surface area contributed by atoms with Crippen LogP contribution in [0.2, 0.25) is 0 Å². The lowest BCUT2D eigenvalue weighted by molar-refractivity contribution is -0.136. The summed E-state index contributed by atoms with van der Waals surface area (Å²) in [5.41, 5.74) is 7.16. The number of likely N-dealkylation sites (N-methyl/N-ethyl adjacent to an activating group) is 1. The topological polar surface area (TPSA) is 42.1 Å². The highest BCUT2D eigenvalue weighted by molar-refractivity contribution is 5.10. The number of nitrogens with two attached hydrogens (primary N) is 1. The minimum Gasteiger partial charge on any atom is -0.329 e. The van der Waals surface area contributed by atoms with Crippen molar-refractivity contribution >= 4 is 0 Å². The number of pyridine rings is 1. The highest BCUT2D eigenvalue weighted by Crippen LogP contribution is 2.27. The van der Waals surface area contributed by atoms with Crippen LogP contribution in [0.5, 0.6) is 0 Å². The Kier molecular flexibility index (Phi) is 6.16. The van der Waals surface area contributed by atoms with Gasteiger partial charge < -0.3 is 5.73 Å². The zero-order chi connectivity index (χ0) is 16.1. The van der Waals surface area contributed by atoms with Gasteiger partial charge in [0.25, 0.3) is 0 Å². The van der Waals surface area contributed by atoms with Crippen LogP contribution in [0, 0.1) is 6.92 Å². The molecule has 6 heteroatoms. The third kappa shape index (κ3) is 6.01. The molecule has 1 rings (SSSR count). The number of hydrogen-bond acceptors (Lipinski definition) is 3. The van der Waals surface area contributed by atoms with Crippen molar-refractivity contribution in [3.63, 3.8) is 0 Å². The van der Waals surface area contributed by atoms with Crippen molar-refractivity contribution in [1.29, 1.82) is 0 Å². The van der Waals surface area contributed by atoms with Gasteiger partial charge in [-0.1, -0.05) is 6.07 Å². The van der Waals surface area contributed by atoms with E-state index in [0.29, 0.717) is 19.5 Å². The number of nitrogens with zero attached hydrogens (tertiary/aromatic N) is 2. The Bertz CT molecular complexity index is 448. The number of hydrogen-bond donors (Lipinski definition) is 1. The van der Waals surface area contributed by atoms with Gasteiger partial charge in [0.05, 0.1) is 5.69 Å². The van der Waals surface area contributed by atoms with Crippen molar-refractivity contribution in [2.24, 2.45) is 5.73 Å². The molecule has 0 aromatic carbocycles. The molecule has 0 bridgehead atoms. The van der Waals surface area contributed by atoms with Gasteiger partial charge in [0.2, 0.25) is 0 Å². The maximum Gasteiger partial charge on any atom is 0.389 e. The van der Waals surface area contributed by atoms with E-state index in [-0.39, 0.29) is 6.42 Å². The zero-order valence-corrected chi connectivity index (χ0v) is 12.9. The third-order valence-electron chi connectivity index (χ3n) is 3.88. The number of rotatable bonds is 7. The smallest absolute Gasteiger partial charge is 0.329 e. The Labute approximate surface area is 124 Å². The molecule has 0 aliphatic heterocycles. The largest absolute Gasteiger partial charge is 0.389 e. The Morgan fingerprint density at radius 3 is 2.43 bits per heavy atom. The first kappa shape index (κ1) is 17.9. The number of halogens is 3. The van der Waals surface area contributed by atoms with E-state index >= 15 is 0 Å². The second-order valence-electron chi connectivity index (χ2n) is 5.80. The van der Waals surface area contributed by atoms with E-state index in [1.54, 1.807) is 0 Å². The number of alkyl halides is 3. The fraction of sp³-hybridized carbons (Fsp3) is 0.667. The summed E-state index contributed by atoms with van der Waals surface area (Å²) in [6.07, 6.45) is -4.38. The monoisotopic (exact) mass is 303 g/mol. The molecule has 1 aromatic heterocycles. The molecule has 0 amide bonds. The average Bonchev–Trinajstić information content (AvgIpc) is 2.36. The van der Waals surface area contributed by atoms with Crippen LogP contribution in [0.4, 0.5) is 13.2 Å². The van der Waals surface area contributed by atoms with Crippen molar-refractivity contribution in [2.75, 3.05) is 13.6 Å². The van der Waals surface area contributed by atoms with Gasteiger partial charge in [0.15, 0.2) is 0 Å². The Morgan fingerprint density at radius 1 is 1.24 bits per heavy atom. The first-order valence-electron chi connectivity index (χ1n) is 7.07. The van der Waals surface area contributed by atoms with Crippen LogP contribution >= 0.6 is 0 Å². The first-order valence-corrected chi connectivity index (χ1v) is 7.07. The molecule has 21 heavy (non-hydrogen) atoms. The number of aryl methyl sites for hydroxylation is 1. The van der Waals surface area contributed by atoms with E-state index in [4.69, 9.17) is 5.73 Å². The normalized spacial score (nSPS) is 15.2. The van der Waals surface area contributed by atoms with Gasteiger partial charge in [0, 0.05) is 30.7 Å². The molecule has 0 saturated carbocycles. The molecule has 3 nitrogen and oxygen atoms in total. The van der Waals surface area contributed by atoms with Crippen LogP contribution in [-0.4, -0.2) is 35.2 Å². The molecule has 120 valence electrons. The summed E-state index contributed by atoms with van der Waals surface area (Å²) < 4.78 is 36.8. The van der Waals surface area contributed by atoms with Gasteiger partial charge in [-0.25, -0.2) is 0 Å². The van der Waals surface area contributed by atoms with Gasteiger partial charge in [-0.2, -0.15) is 13.2 Å². The molecule has 0 fully saturated rings. The minimum atomic E-state index is -4.10. The van der Waals surface area contributed by atoms with Crippen molar-refractivity contribution < 1.29 is 13.2 Å². The van der Waals surface area contributed by atoms with E-state index in [1.165, 1.54) is 0 Å². The van der Waals surface area contributed by atoms with E-state index < -0.39 is 18.1 Å². The Balaban J connectivity index is 2.64. The van der Waals surface area contributed by atoms with E-state index in [9.17, 15) is 13.2 Å². The molecule has 1 atom stereocenters. The molecule has 0 radical (unpaired) electrons. The molecule has 2 N–H and O–H groups in total. The predicted octanol–water partition coefficient (Wildman–Crippen LogP) is 3.27. The quantitative estimate of drug-likeness (QED) is 0.840. The summed E-state index contributed by atoms with van der Waals surface area (Å²) in [7, 11) is 1.88. The lowest BCUT2D eigenvalue weighted by Gasteiger charge is -2.38.